The first-order chi connectivity index (χ1) is 22.9. The molecule has 0 spiro atoms. The Labute approximate surface area is 295 Å². The van der Waals surface area contributed by atoms with Crippen LogP contribution in [0.4, 0.5) is 19.1 Å². The van der Waals surface area contributed by atoms with E-state index in [2.05, 4.69) is 21.7 Å². The van der Waals surface area contributed by atoms with Gasteiger partial charge in [0.25, 0.3) is 0 Å². The lowest BCUT2D eigenvalue weighted by molar-refractivity contribution is 0.0320. The zero-order chi connectivity index (χ0) is 36.8. The summed E-state index contributed by atoms with van der Waals surface area (Å²) >= 11 is 1.23. The average molecular weight is 705 g/mol. The van der Waals surface area contributed by atoms with Crippen molar-refractivity contribution >= 4 is 34.6 Å². The molecule has 0 aliphatic carbocycles. The number of carbonyl (C=O) groups excluding carboxylic acids is 3. The number of carbonyl (C=O) groups is 3. The molecule has 2 rings (SSSR count). The third-order valence-corrected chi connectivity index (χ3v) is 7.78. The van der Waals surface area contributed by atoms with Crippen LogP contribution in [0.15, 0.2) is 18.2 Å². The fourth-order valence-corrected chi connectivity index (χ4v) is 5.39. The minimum absolute atomic E-state index is 0.0660. The van der Waals surface area contributed by atoms with E-state index in [4.69, 9.17) is 18.9 Å². The molecule has 0 aliphatic rings. The van der Waals surface area contributed by atoms with Crippen molar-refractivity contribution in [3.05, 3.63) is 40.2 Å². The number of halogens is 1. The molecule has 13 heteroatoms. The predicted molar refractivity (Wildman–Crippen MR) is 190 cm³/mol. The molecule has 2 aromatic rings. The maximum atomic E-state index is 14.8. The molecule has 0 radical (unpaired) electrons. The van der Waals surface area contributed by atoms with Crippen LogP contribution in [0.3, 0.4) is 0 Å². The van der Waals surface area contributed by atoms with Gasteiger partial charge in [0.15, 0.2) is 22.4 Å². The summed E-state index contributed by atoms with van der Waals surface area (Å²) in [5.74, 6) is 4.58. The molecule has 0 fully saturated rings. The molecule has 1 aromatic carbocycles. The molecule has 0 saturated heterocycles. The second kappa shape index (κ2) is 19.3. The first kappa shape index (κ1) is 41.3. The predicted octanol–water partition coefficient (Wildman–Crippen LogP) is 7.16. The summed E-state index contributed by atoms with van der Waals surface area (Å²) in [5.41, 5.74) is -0.750. The van der Waals surface area contributed by atoms with Gasteiger partial charge in [-0.25, -0.2) is 23.8 Å². The van der Waals surface area contributed by atoms with Gasteiger partial charge in [0.2, 0.25) is 0 Å². The Bertz CT molecular complexity index is 1450. The van der Waals surface area contributed by atoms with Crippen molar-refractivity contribution in [3.8, 4) is 17.6 Å². The Hall–Kier alpha value is -3.89. The zero-order valence-electron chi connectivity index (χ0n) is 30.7. The summed E-state index contributed by atoms with van der Waals surface area (Å²) in [6, 6.07) is 4.41. The summed E-state index contributed by atoms with van der Waals surface area (Å²) in [7, 11) is 6.94. The molecule has 0 bridgehead atoms. The van der Waals surface area contributed by atoms with Crippen molar-refractivity contribution in [2.75, 3.05) is 59.4 Å². The fourth-order valence-electron chi connectivity index (χ4n) is 4.29. The highest BCUT2D eigenvalue weighted by molar-refractivity contribution is 7.16. The first-order valence-electron chi connectivity index (χ1n) is 16.5. The van der Waals surface area contributed by atoms with Crippen molar-refractivity contribution in [1.29, 1.82) is 0 Å². The Balaban J connectivity index is 2.06. The van der Waals surface area contributed by atoms with E-state index in [0.29, 0.717) is 35.0 Å². The largest absolute Gasteiger partial charge is 0.491 e. The number of amides is 2. The van der Waals surface area contributed by atoms with E-state index >= 15 is 0 Å². The Kier molecular flexibility index (Phi) is 16.3. The molecule has 0 saturated carbocycles. The molecule has 0 unspecified atom stereocenters. The topological polar surface area (TPSA) is 111 Å². The van der Waals surface area contributed by atoms with Crippen LogP contribution in [0.2, 0.25) is 0 Å². The highest BCUT2D eigenvalue weighted by Gasteiger charge is 2.28. The highest BCUT2D eigenvalue weighted by Crippen LogP contribution is 2.30. The number of aromatic nitrogens is 1. The van der Waals surface area contributed by atoms with E-state index in [9.17, 15) is 18.8 Å². The number of unbranched alkanes of at least 4 members (excludes halogenated alkanes) is 3. The van der Waals surface area contributed by atoms with E-state index in [1.54, 1.807) is 54.7 Å². The molecule has 49 heavy (non-hydrogen) atoms. The number of benzene rings is 1. The molecular weight excluding hydrogens is 651 g/mol. The number of ether oxygens (including phenoxy) is 4. The quantitative estimate of drug-likeness (QED) is 0.0825. The lowest BCUT2D eigenvalue weighted by Crippen LogP contribution is -2.37. The smallest absolute Gasteiger partial charge is 0.416 e. The molecule has 0 aliphatic heterocycles. The van der Waals surface area contributed by atoms with Gasteiger partial charge in [0, 0.05) is 24.0 Å². The monoisotopic (exact) mass is 704 g/mol. The van der Waals surface area contributed by atoms with Gasteiger partial charge in [-0.3, -0.25) is 4.90 Å². The van der Waals surface area contributed by atoms with Crippen molar-refractivity contribution in [2.45, 2.75) is 91.3 Å². The van der Waals surface area contributed by atoms with Crippen molar-refractivity contribution in [3.63, 3.8) is 0 Å². The zero-order valence-corrected chi connectivity index (χ0v) is 31.6. The Morgan fingerprint density at radius 3 is 2.12 bits per heavy atom. The molecule has 0 N–H and O–H groups in total. The number of anilines is 1. The van der Waals surface area contributed by atoms with Gasteiger partial charge in [-0.15, -0.1) is 11.3 Å². The van der Waals surface area contributed by atoms with Gasteiger partial charge < -0.3 is 28.7 Å². The fraction of sp³-hybridized carbons (Fsp3) is 0.611. The van der Waals surface area contributed by atoms with Crippen LogP contribution >= 0.6 is 11.3 Å². The summed E-state index contributed by atoms with van der Waals surface area (Å²) in [6.07, 6.45) is 3.59. The number of rotatable bonds is 15. The average Bonchev–Trinajstić information content (AvgIpc) is 3.40. The highest BCUT2D eigenvalue weighted by atomic mass is 32.1. The number of esters is 1. The van der Waals surface area contributed by atoms with Gasteiger partial charge in [-0.05, 0) is 106 Å². The normalized spacial score (nSPS) is 11.4. The van der Waals surface area contributed by atoms with Gasteiger partial charge >= 0.3 is 18.2 Å². The van der Waals surface area contributed by atoms with Gasteiger partial charge in [0.1, 0.15) is 11.2 Å². The van der Waals surface area contributed by atoms with Crippen LogP contribution in [0.1, 0.15) is 94.6 Å². The second-order valence-corrected chi connectivity index (χ2v) is 14.9. The molecule has 2 amide bonds. The van der Waals surface area contributed by atoms with E-state index in [0.717, 1.165) is 32.2 Å². The van der Waals surface area contributed by atoms with Crippen LogP contribution in [-0.2, 0) is 20.6 Å². The van der Waals surface area contributed by atoms with Crippen LogP contribution < -0.4 is 9.64 Å². The minimum atomic E-state index is -0.706. The molecule has 11 nitrogen and oxygen atoms in total. The van der Waals surface area contributed by atoms with Crippen molar-refractivity contribution in [2.24, 2.45) is 0 Å². The third kappa shape index (κ3) is 15.5. The van der Waals surface area contributed by atoms with Gasteiger partial charge in [-0.1, -0.05) is 24.7 Å². The maximum absolute atomic E-state index is 14.8. The third-order valence-electron chi connectivity index (χ3n) is 6.64. The van der Waals surface area contributed by atoms with E-state index in [-0.39, 0.29) is 24.6 Å². The number of hydrogen-bond acceptors (Lipinski definition) is 10. The number of thiazole rings is 1. The molecular formula is C36H53FN4O7S. The number of aryl methyl sites for hydroxylation is 1. The Morgan fingerprint density at radius 1 is 0.898 bits per heavy atom. The standard InChI is InChI=1S/C36H53FN4O7S/c1-35(2,3)47-33(43)40(9)22-15-17-26-19-20-28(27(37)25-26)46-24-16-18-29-30(31(42)45-10)38-32(49-29)41(34(44)48-36(4,5)6)23-14-12-11-13-21-39(7)8/h19-20,25H,11-14,16,18,21-24H2,1-10H3. The van der Waals surface area contributed by atoms with E-state index in [1.807, 2.05) is 14.1 Å². The number of nitrogens with zero attached hydrogens (tertiary/aromatic N) is 4. The van der Waals surface area contributed by atoms with Crippen LogP contribution in [0.25, 0.3) is 0 Å². The number of hydrogen-bond donors (Lipinski definition) is 0. The van der Waals surface area contributed by atoms with Crippen LogP contribution in [0.5, 0.6) is 5.75 Å². The van der Waals surface area contributed by atoms with E-state index in [1.165, 1.54) is 40.4 Å². The maximum Gasteiger partial charge on any atom is 0.416 e. The van der Waals surface area contributed by atoms with Gasteiger partial charge in [-0.2, -0.15) is 0 Å². The molecule has 1 aromatic heterocycles. The van der Waals surface area contributed by atoms with Crippen LogP contribution in [0, 0.1) is 17.7 Å². The number of methoxy groups -OCH3 is 1. The summed E-state index contributed by atoms with van der Waals surface area (Å²) in [6.45, 7) is 12.4. The van der Waals surface area contributed by atoms with Crippen molar-refractivity contribution < 1.29 is 37.7 Å². The minimum Gasteiger partial charge on any atom is -0.491 e. The lowest BCUT2D eigenvalue weighted by atomic mass is 10.2. The molecule has 272 valence electrons. The van der Waals surface area contributed by atoms with Gasteiger partial charge in [0.05, 0.1) is 20.3 Å². The SMILES string of the molecule is COC(=O)c1nc(N(CCCCCCN(C)C)C(=O)OC(C)(C)C)sc1CCCOc1ccc(C#CCN(C)C(=O)OC(C)(C)C)cc1F. The van der Waals surface area contributed by atoms with Crippen LogP contribution in [-0.4, -0.2) is 98.6 Å². The Morgan fingerprint density at radius 2 is 1.53 bits per heavy atom. The first-order valence-corrected chi connectivity index (χ1v) is 17.3. The lowest BCUT2D eigenvalue weighted by Gasteiger charge is -2.25. The summed E-state index contributed by atoms with van der Waals surface area (Å²) in [5, 5.41) is 0.360. The summed E-state index contributed by atoms with van der Waals surface area (Å²) < 4.78 is 36.5. The molecule has 1 heterocycles. The summed E-state index contributed by atoms with van der Waals surface area (Å²) in [4.78, 5) is 48.1. The molecule has 0 atom stereocenters. The van der Waals surface area contributed by atoms with Crippen molar-refractivity contribution in [1.82, 2.24) is 14.8 Å². The second-order valence-electron chi connectivity index (χ2n) is 13.8. The van der Waals surface area contributed by atoms with E-state index < -0.39 is 35.2 Å².